The number of hydrogen-bond acceptors (Lipinski definition) is 1. The Kier molecular flexibility index (Phi) is 3.82. The molecule has 0 atom stereocenters. The van der Waals surface area contributed by atoms with E-state index in [4.69, 9.17) is 0 Å². The van der Waals surface area contributed by atoms with E-state index in [-0.39, 0.29) is 5.91 Å². The van der Waals surface area contributed by atoms with E-state index in [1.807, 2.05) is 30.3 Å². The van der Waals surface area contributed by atoms with Crippen LogP contribution in [0.25, 0.3) is 0 Å². The molecule has 102 valence electrons. The predicted octanol–water partition coefficient (Wildman–Crippen LogP) is 3.75. The van der Waals surface area contributed by atoms with Crippen molar-refractivity contribution in [2.75, 3.05) is 5.32 Å². The van der Waals surface area contributed by atoms with Crippen molar-refractivity contribution in [3.8, 4) is 0 Å². The summed E-state index contributed by atoms with van der Waals surface area (Å²) in [6.07, 6.45) is 5.35. The zero-order chi connectivity index (χ0) is 13.8. The fourth-order valence-corrected chi connectivity index (χ4v) is 2.81. The van der Waals surface area contributed by atoms with Gasteiger partial charge in [-0.25, -0.2) is 0 Å². The van der Waals surface area contributed by atoms with Gasteiger partial charge in [0.25, 0.3) is 0 Å². The van der Waals surface area contributed by atoms with Gasteiger partial charge in [0, 0.05) is 5.69 Å². The lowest BCUT2D eigenvalue weighted by molar-refractivity contribution is -0.115. The molecule has 2 aromatic carbocycles. The molecule has 2 nitrogen and oxygen atoms in total. The molecule has 1 amide bonds. The average molecular weight is 265 g/mol. The predicted molar refractivity (Wildman–Crippen MR) is 81.9 cm³/mol. The molecule has 0 saturated carbocycles. The summed E-state index contributed by atoms with van der Waals surface area (Å²) in [5, 5.41) is 2.93. The minimum Gasteiger partial charge on any atom is -0.326 e. The summed E-state index contributed by atoms with van der Waals surface area (Å²) in [6, 6.07) is 16.1. The van der Waals surface area contributed by atoms with Crippen LogP contribution in [-0.4, -0.2) is 5.91 Å². The smallest absolute Gasteiger partial charge is 0.228 e. The molecular formula is C18H19NO. The van der Waals surface area contributed by atoms with Gasteiger partial charge in [0.2, 0.25) is 5.91 Å². The number of carbonyl (C=O) groups is 1. The number of anilines is 1. The van der Waals surface area contributed by atoms with Crippen molar-refractivity contribution >= 4 is 11.6 Å². The van der Waals surface area contributed by atoms with E-state index in [2.05, 4.69) is 23.5 Å². The van der Waals surface area contributed by atoms with Gasteiger partial charge in [-0.3, -0.25) is 4.79 Å². The zero-order valence-electron chi connectivity index (χ0n) is 11.6. The minimum atomic E-state index is 0.0481. The van der Waals surface area contributed by atoms with Crippen LogP contribution in [-0.2, 0) is 24.1 Å². The fourth-order valence-electron chi connectivity index (χ4n) is 2.81. The molecule has 0 aromatic heterocycles. The molecule has 0 bridgehead atoms. The number of aryl methyl sites for hydroxylation is 2. The lowest BCUT2D eigenvalue weighted by Gasteiger charge is -2.16. The Morgan fingerprint density at radius 3 is 2.50 bits per heavy atom. The average Bonchev–Trinajstić information content (AvgIpc) is 2.48. The molecule has 2 heteroatoms. The molecule has 0 unspecified atom stereocenters. The van der Waals surface area contributed by atoms with Crippen LogP contribution in [0.15, 0.2) is 48.5 Å². The highest BCUT2D eigenvalue weighted by molar-refractivity contribution is 5.92. The van der Waals surface area contributed by atoms with Gasteiger partial charge in [0.05, 0.1) is 6.42 Å². The Balaban J connectivity index is 1.67. The van der Waals surface area contributed by atoms with Gasteiger partial charge in [0.1, 0.15) is 0 Å². The monoisotopic (exact) mass is 265 g/mol. The summed E-state index contributed by atoms with van der Waals surface area (Å²) >= 11 is 0. The number of fused-ring (bicyclic) bond motifs is 1. The second-order valence-corrected chi connectivity index (χ2v) is 5.40. The highest BCUT2D eigenvalue weighted by Gasteiger charge is 2.11. The van der Waals surface area contributed by atoms with Gasteiger partial charge in [-0.1, -0.05) is 36.4 Å². The fraction of sp³-hybridized carbons (Fsp3) is 0.278. The minimum absolute atomic E-state index is 0.0481. The molecule has 1 aliphatic carbocycles. The van der Waals surface area contributed by atoms with Crippen LogP contribution in [0.5, 0.6) is 0 Å². The summed E-state index contributed by atoms with van der Waals surface area (Å²) < 4.78 is 0. The molecular weight excluding hydrogens is 246 g/mol. The van der Waals surface area contributed by atoms with E-state index in [0.717, 1.165) is 17.7 Å². The second-order valence-electron chi connectivity index (χ2n) is 5.40. The molecule has 1 aliphatic rings. The van der Waals surface area contributed by atoms with Gasteiger partial charge in [-0.2, -0.15) is 0 Å². The van der Waals surface area contributed by atoms with Crippen molar-refractivity contribution < 1.29 is 4.79 Å². The maximum atomic E-state index is 12.0. The molecule has 0 radical (unpaired) electrons. The van der Waals surface area contributed by atoms with Crippen LogP contribution in [0.2, 0.25) is 0 Å². The van der Waals surface area contributed by atoms with Crippen LogP contribution in [0.1, 0.15) is 29.5 Å². The third-order valence-electron chi connectivity index (χ3n) is 3.84. The number of amides is 1. The van der Waals surface area contributed by atoms with Crippen LogP contribution in [0.3, 0.4) is 0 Å². The highest BCUT2D eigenvalue weighted by atomic mass is 16.1. The maximum absolute atomic E-state index is 12.0. The number of benzene rings is 2. The molecule has 20 heavy (non-hydrogen) atoms. The first kappa shape index (κ1) is 12.9. The van der Waals surface area contributed by atoms with Crippen molar-refractivity contribution in [2.45, 2.75) is 32.1 Å². The van der Waals surface area contributed by atoms with Crippen LogP contribution >= 0.6 is 0 Å². The molecule has 3 rings (SSSR count). The standard InChI is InChI=1S/C18H19NO/c20-18(19-17-8-2-1-3-9-17)13-14-10-11-15-6-4-5-7-16(15)12-14/h1-3,8-12H,4-7,13H2,(H,19,20). The van der Waals surface area contributed by atoms with Crippen molar-refractivity contribution in [1.29, 1.82) is 0 Å². The number of hydrogen-bond donors (Lipinski definition) is 1. The van der Waals surface area contributed by atoms with Gasteiger partial charge < -0.3 is 5.32 Å². The van der Waals surface area contributed by atoms with Gasteiger partial charge in [-0.15, -0.1) is 0 Å². The van der Waals surface area contributed by atoms with Crippen molar-refractivity contribution in [2.24, 2.45) is 0 Å². The van der Waals surface area contributed by atoms with E-state index in [0.29, 0.717) is 6.42 Å². The molecule has 0 saturated heterocycles. The molecule has 0 aliphatic heterocycles. The lowest BCUT2D eigenvalue weighted by atomic mass is 9.90. The summed E-state index contributed by atoms with van der Waals surface area (Å²) in [6.45, 7) is 0. The van der Waals surface area contributed by atoms with Crippen molar-refractivity contribution in [1.82, 2.24) is 0 Å². The van der Waals surface area contributed by atoms with E-state index < -0.39 is 0 Å². The van der Waals surface area contributed by atoms with Crippen LogP contribution < -0.4 is 5.32 Å². The van der Waals surface area contributed by atoms with E-state index >= 15 is 0 Å². The Morgan fingerprint density at radius 1 is 0.950 bits per heavy atom. The normalized spacial score (nSPS) is 13.6. The SMILES string of the molecule is O=C(Cc1ccc2c(c1)CCCC2)Nc1ccccc1. The number of carbonyl (C=O) groups excluding carboxylic acids is 1. The third kappa shape index (κ3) is 3.08. The van der Waals surface area contributed by atoms with Gasteiger partial charge >= 0.3 is 0 Å². The van der Waals surface area contributed by atoms with Gasteiger partial charge in [-0.05, 0) is 54.5 Å². The summed E-state index contributed by atoms with van der Waals surface area (Å²) in [4.78, 5) is 12.0. The zero-order valence-corrected chi connectivity index (χ0v) is 11.6. The Morgan fingerprint density at radius 2 is 1.70 bits per heavy atom. The van der Waals surface area contributed by atoms with E-state index in [1.165, 1.54) is 30.4 Å². The number of rotatable bonds is 3. The first-order chi connectivity index (χ1) is 9.81. The van der Waals surface area contributed by atoms with E-state index in [1.54, 1.807) is 0 Å². The lowest BCUT2D eigenvalue weighted by Crippen LogP contribution is -2.15. The van der Waals surface area contributed by atoms with Crippen LogP contribution in [0.4, 0.5) is 5.69 Å². The molecule has 2 aromatic rings. The van der Waals surface area contributed by atoms with Crippen LogP contribution in [0, 0.1) is 0 Å². The van der Waals surface area contributed by atoms with E-state index in [9.17, 15) is 4.79 Å². The molecule has 0 spiro atoms. The topological polar surface area (TPSA) is 29.1 Å². The highest BCUT2D eigenvalue weighted by Crippen LogP contribution is 2.22. The molecule has 1 N–H and O–H groups in total. The van der Waals surface area contributed by atoms with Crippen molar-refractivity contribution in [3.05, 3.63) is 65.2 Å². The molecule has 0 heterocycles. The third-order valence-corrected chi connectivity index (χ3v) is 3.84. The van der Waals surface area contributed by atoms with Crippen molar-refractivity contribution in [3.63, 3.8) is 0 Å². The Bertz CT molecular complexity index is 604. The first-order valence-electron chi connectivity index (χ1n) is 7.27. The van der Waals surface area contributed by atoms with Gasteiger partial charge in [0.15, 0.2) is 0 Å². The quantitative estimate of drug-likeness (QED) is 0.899. The maximum Gasteiger partial charge on any atom is 0.228 e. The summed E-state index contributed by atoms with van der Waals surface area (Å²) in [7, 11) is 0. The number of nitrogens with one attached hydrogen (secondary N) is 1. The largest absolute Gasteiger partial charge is 0.326 e. The Labute approximate surface area is 119 Å². The summed E-state index contributed by atoms with van der Waals surface area (Å²) in [5.41, 5.74) is 4.86. The molecule has 0 fully saturated rings. The summed E-state index contributed by atoms with van der Waals surface area (Å²) in [5.74, 6) is 0.0481. The second kappa shape index (κ2) is 5.91. The number of para-hydroxylation sites is 1. The first-order valence-corrected chi connectivity index (χ1v) is 7.27. The Hall–Kier alpha value is -2.09.